The predicted octanol–water partition coefficient (Wildman–Crippen LogP) is 1.35. The lowest BCUT2D eigenvalue weighted by Gasteiger charge is -2.28. The molecule has 1 aliphatic heterocycles. The lowest BCUT2D eigenvalue weighted by molar-refractivity contribution is 0.122. The average molecular weight is 405 g/mol. The van der Waals surface area contributed by atoms with E-state index in [0.717, 1.165) is 43.4 Å². The van der Waals surface area contributed by atoms with Crippen molar-refractivity contribution in [3.05, 3.63) is 69.8 Å². The van der Waals surface area contributed by atoms with E-state index in [9.17, 15) is 9.59 Å². The maximum absolute atomic E-state index is 12.2. The van der Waals surface area contributed by atoms with Gasteiger partial charge in [0, 0.05) is 30.7 Å². The van der Waals surface area contributed by atoms with Gasteiger partial charge in [0.05, 0.1) is 30.2 Å². The van der Waals surface area contributed by atoms with Crippen molar-refractivity contribution in [2.75, 3.05) is 36.5 Å². The average Bonchev–Trinajstić information content (AvgIpc) is 3.26. The minimum absolute atomic E-state index is 0.298. The highest BCUT2D eigenvalue weighted by atomic mass is 16.5. The number of H-pyrrole nitrogens is 2. The molecule has 1 fully saturated rings. The van der Waals surface area contributed by atoms with Gasteiger partial charge in [-0.05, 0) is 36.4 Å². The monoisotopic (exact) mass is 405 g/mol. The Morgan fingerprint density at radius 1 is 1.03 bits per heavy atom. The van der Waals surface area contributed by atoms with E-state index < -0.39 is 11.2 Å². The van der Waals surface area contributed by atoms with Crippen molar-refractivity contribution in [3.8, 4) is 11.3 Å². The van der Waals surface area contributed by atoms with Gasteiger partial charge in [-0.1, -0.05) is 0 Å². The van der Waals surface area contributed by atoms with E-state index in [1.807, 2.05) is 18.2 Å². The molecular formula is C20H19N7O3. The first-order valence-corrected chi connectivity index (χ1v) is 9.54. The van der Waals surface area contributed by atoms with Crippen molar-refractivity contribution >= 4 is 22.7 Å². The number of rotatable bonds is 4. The number of hydrogen-bond acceptors (Lipinski definition) is 7. The van der Waals surface area contributed by atoms with Crippen molar-refractivity contribution < 1.29 is 4.74 Å². The maximum atomic E-state index is 12.2. The van der Waals surface area contributed by atoms with Gasteiger partial charge >= 0.3 is 5.69 Å². The summed E-state index contributed by atoms with van der Waals surface area (Å²) >= 11 is 0. The molecule has 1 aromatic carbocycles. The second kappa shape index (κ2) is 7.48. The van der Waals surface area contributed by atoms with Crippen molar-refractivity contribution in [2.24, 2.45) is 0 Å². The second-order valence-electron chi connectivity index (χ2n) is 6.88. The van der Waals surface area contributed by atoms with Gasteiger partial charge in [-0.3, -0.25) is 9.78 Å². The number of anilines is 3. The van der Waals surface area contributed by atoms with Crippen LogP contribution in [0.5, 0.6) is 0 Å². The van der Waals surface area contributed by atoms with Gasteiger partial charge in [-0.2, -0.15) is 5.10 Å². The van der Waals surface area contributed by atoms with Crippen molar-refractivity contribution in [2.45, 2.75) is 0 Å². The topological polar surface area (TPSA) is 120 Å². The zero-order valence-electron chi connectivity index (χ0n) is 16.0. The molecule has 1 saturated heterocycles. The fraction of sp³-hybridized carbons (Fsp3) is 0.200. The molecule has 10 heteroatoms. The first-order valence-electron chi connectivity index (χ1n) is 9.54. The summed E-state index contributed by atoms with van der Waals surface area (Å²) in [4.78, 5) is 34.8. The molecule has 0 bridgehead atoms. The normalized spacial score (nSPS) is 14.2. The van der Waals surface area contributed by atoms with Crippen molar-refractivity contribution in [1.82, 2.24) is 24.6 Å². The van der Waals surface area contributed by atoms with Crippen LogP contribution in [0.25, 0.3) is 16.9 Å². The smallest absolute Gasteiger partial charge is 0.325 e. The summed E-state index contributed by atoms with van der Waals surface area (Å²) in [6.07, 6.45) is 2.79. The quantitative estimate of drug-likeness (QED) is 0.469. The molecule has 3 aromatic heterocycles. The lowest BCUT2D eigenvalue weighted by Crippen LogP contribution is -2.36. The molecule has 0 atom stereocenters. The van der Waals surface area contributed by atoms with E-state index in [2.05, 4.69) is 42.4 Å². The van der Waals surface area contributed by atoms with Gasteiger partial charge < -0.3 is 19.9 Å². The zero-order chi connectivity index (χ0) is 20.5. The van der Waals surface area contributed by atoms with Crippen LogP contribution < -0.4 is 21.5 Å². The third-order valence-electron chi connectivity index (χ3n) is 5.04. The van der Waals surface area contributed by atoms with Crippen molar-refractivity contribution in [1.29, 1.82) is 0 Å². The van der Waals surface area contributed by atoms with Gasteiger partial charge in [0.15, 0.2) is 5.65 Å². The summed E-state index contributed by atoms with van der Waals surface area (Å²) in [5, 5.41) is 7.59. The van der Waals surface area contributed by atoms with Gasteiger partial charge in [0.2, 0.25) is 0 Å². The van der Waals surface area contributed by atoms with Crippen LogP contribution in [0.4, 0.5) is 17.1 Å². The van der Waals surface area contributed by atoms with Crippen LogP contribution in [0.1, 0.15) is 0 Å². The van der Waals surface area contributed by atoms with E-state index >= 15 is 0 Å². The molecule has 0 saturated carbocycles. The summed E-state index contributed by atoms with van der Waals surface area (Å²) in [6.45, 7) is 3.27. The second-order valence-corrected chi connectivity index (χ2v) is 6.88. The van der Waals surface area contributed by atoms with Crippen LogP contribution in [-0.2, 0) is 4.74 Å². The summed E-state index contributed by atoms with van der Waals surface area (Å²) < 4.78 is 6.97. The summed E-state index contributed by atoms with van der Waals surface area (Å²) in [6, 6.07) is 11.8. The van der Waals surface area contributed by atoms with Gasteiger partial charge in [0.25, 0.3) is 5.56 Å². The molecular weight excluding hydrogens is 386 g/mol. The summed E-state index contributed by atoms with van der Waals surface area (Å²) in [5.41, 5.74) is 3.15. The number of aromatic amines is 2. The Bertz CT molecular complexity index is 1300. The Morgan fingerprint density at radius 3 is 2.60 bits per heavy atom. The summed E-state index contributed by atoms with van der Waals surface area (Å²) in [5.74, 6) is 0. The molecule has 5 rings (SSSR count). The van der Waals surface area contributed by atoms with Crippen LogP contribution in [0, 0.1) is 0 Å². The predicted molar refractivity (Wildman–Crippen MR) is 112 cm³/mol. The molecule has 3 N–H and O–H groups in total. The number of nitrogens with zero attached hydrogens (tertiary/aromatic N) is 4. The first-order chi connectivity index (χ1) is 14.7. The van der Waals surface area contributed by atoms with E-state index in [-0.39, 0.29) is 0 Å². The molecule has 10 nitrogen and oxygen atoms in total. The number of ether oxygens (including phenoxy) is 1. The minimum atomic E-state index is -0.558. The highest BCUT2D eigenvalue weighted by Crippen LogP contribution is 2.26. The van der Waals surface area contributed by atoms with Crippen LogP contribution in [0.3, 0.4) is 0 Å². The largest absolute Gasteiger partial charge is 0.378 e. The van der Waals surface area contributed by atoms with Gasteiger partial charge in [-0.15, -0.1) is 0 Å². The Balaban J connectivity index is 1.45. The molecule has 0 radical (unpaired) electrons. The Morgan fingerprint density at radius 2 is 1.83 bits per heavy atom. The maximum Gasteiger partial charge on any atom is 0.325 e. The number of hydrogen-bond donors (Lipinski definition) is 3. The Labute approximate surface area is 170 Å². The molecule has 0 amide bonds. The van der Waals surface area contributed by atoms with E-state index in [0.29, 0.717) is 16.9 Å². The van der Waals surface area contributed by atoms with E-state index in [4.69, 9.17) is 4.74 Å². The number of aromatic nitrogens is 5. The molecule has 0 aliphatic carbocycles. The number of nitrogens with one attached hydrogen (secondary N) is 3. The summed E-state index contributed by atoms with van der Waals surface area (Å²) in [7, 11) is 0. The first kappa shape index (κ1) is 18.1. The lowest BCUT2D eigenvalue weighted by atomic mass is 10.2. The Kier molecular flexibility index (Phi) is 4.52. The van der Waals surface area contributed by atoms with Gasteiger partial charge in [0.1, 0.15) is 6.33 Å². The third-order valence-corrected chi connectivity index (χ3v) is 5.04. The highest BCUT2D eigenvalue weighted by Gasteiger charge is 2.14. The fourth-order valence-corrected chi connectivity index (χ4v) is 3.54. The van der Waals surface area contributed by atoms with Crippen molar-refractivity contribution in [3.63, 3.8) is 0 Å². The van der Waals surface area contributed by atoms with E-state index in [1.54, 1.807) is 10.6 Å². The third kappa shape index (κ3) is 3.33. The van der Waals surface area contributed by atoms with Crippen LogP contribution in [0.2, 0.25) is 0 Å². The molecule has 4 aromatic rings. The highest BCUT2D eigenvalue weighted by molar-refractivity contribution is 5.77. The van der Waals surface area contributed by atoms with Crippen LogP contribution in [-0.4, -0.2) is 50.9 Å². The molecule has 1 aliphatic rings. The molecule has 0 spiro atoms. The van der Waals surface area contributed by atoms with Crippen LogP contribution in [0.15, 0.2) is 58.5 Å². The molecule has 4 heterocycles. The SMILES string of the molecule is O=c1[nH]cc(-c2ccc(Nc3ccc(N4CCOCC4)cc3)c3ncnn23)c(=O)[nH]1. The van der Waals surface area contributed by atoms with Gasteiger partial charge in [-0.25, -0.2) is 14.3 Å². The minimum Gasteiger partial charge on any atom is -0.378 e. The molecule has 30 heavy (non-hydrogen) atoms. The number of benzene rings is 1. The number of pyridine rings is 1. The Hall–Kier alpha value is -3.92. The molecule has 152 valence electrons. The molecule has 0 unspecified atom stereocenters. The fourth-order valence-electron chi connectivity index (χ4n) is 3.54. The zero-order valence-corrected chi connectivity index (χ0v) is 16.0. The standard InChI is InChI=1S/C20H19N7O3/c28-19-15(11-21-20(29)25-19)17-6-5-16(18-22-12-23-27(17)18)24-13-1-3-14(4-2-13)26-7-9-30-10-8-26/h1-6,11-12,24H,7-10H2,(H2,21,25,28,29). The number of morpholine rings is 1. The van der Waals surface area contributed by atoms with Crippen LogP contribution >= 0.6 is 0 Å². The van der Waals surface area contributed by atoms with E-state index in [1.165, 1.54) is 12.5 Å². The number of fused-ring (bicyclic) bond motifs is 1.